The fourth-order valence-electron chi connectivity index (χ4n) is 1.92. The minimum atomic E-state index is -0.689. The molecule has 0 atom stereocenters. The van der Waals surface area contributed by atoms with Crippen LogP contribution < -0.4 is 0 Å². The third-order valence-corrected chi connectivity index (χ3v) is 3.02. The number of rotatable bonds is 0. The van der Waals surface area contributed by atoms with E-state index in [2.05, 4.69) is 6.07 Å². The van der Waals surface area contributed by atoms with Crippen LogP contribution in [0.25, 0.3) is 0 Å². The molecule has 1 aliphatic rings. The maximum absolute atomic E-state index is 9.14. The van der Waals surface area contributed by atoms with E-state index in [1.165, 1.54) is 0 Å². The predicted molar refractivity (Wildman–Crippen MR) is 58.1 cm³/mol. The maximum Gasteiger partial charge on any atom is 0.134 e. The molecule has 0 aromatic rings. The van der Waals surface area contributed by atoms with Crippen molar-refractivity contribution in [3.05, 3.63) is 22.5 Å². The third kappa shape index (κ3) is 1.35. The van der Waals surface area contributed by atoms with Crippen molar-refractivity contribution < 1.29 is 0 Å². The van der Waals surface area contributed by atoms with Crippen molar-refractivity contribution in [1.82, 2.24) is 4.90 Å². The van der Waals surface area contributed by atoms with Gasteiger partial charge in [-0.15, -0.1) is 0 Å². The number of hydrogen-bond acceptors (Lipinski definition) is 4. The summed E-state index contributed by atoms with van der Waals surface area (Å²) >= 11 is 0. The Bertz CT molecular complexity index is 515. The van der Waals surface area contributed by atoms with Crippen molar-refractivity contribution >= 4 is 0 Å². The number of hydrogen-bond donors (Lipinski definition) is 0. The van der Waals surface area contributed by atoms with Gasteiger partial charge in [0.2, 0.25) is 0 Å². The normalized spacial score (nSPS) is 18.9. The van der Waals surface area contributed by atoms with E-state index in [-0.39, 0.29) is 0 Å². The molecule has 0 aliphatic carbocycles. The van der Waals surface area contributed by atoms with Gasteiger partial charge >= 0.3 is 0 Å². The van der Waals surface area contributed by atoms with E-state index in [1.54, 1.807) is 32.7 Å². The molecule has 1 rings (SSSR count). The monoisotopic (exact) mass is 212 g/mol. The molecule has 0 radical (unpaired) electrons. The lowest BCUT2D eigenvalue weighted by molar-refractivity contribution is 0.439. The Hall–Kier alpha value is -2.25. The van der Waals surface area contributed by atoms with Gasteiger partial charge in [-0.3, -0.25) is 0 Å². The Morgan fingerprint density at radius 2 is 1.50 bits per heavy atom. The average Bonchev–Trinajstić information content (AvgIpc) is 2.23. The SMILES string of the molecule is CC1=C(C#N)C(C)(C)C(C#N)=C(C#N)N1C. The van der Waals surface area contributed by atoms with Gasteiger partial charge in [-0.25, -0.2) is 0 Å². The van der Waals surface area contributed by atoms with E-state index in [0.717, 1.165) is 5.70 Å². The van der Waals surface area contributed by atoms with Gasteiger partial charge in [0.1, 0.15) is 11.8 Å². The summed E-state index contributed by atoms with van der Waals surface area (Å²) in [6.07, 6.45) is 0. The second-order valence-electron chi connectivity index (χ2n) is 4.20. The van der Waals surface area contributed by atoms with Gasteiger partial charge in [-0.05, 0) is 6.92 Å². The minimum Gasteiger partial charge on any atom is -0.338 e. The molecule has 0 saturated heterocycles. The van der Waals surface area contributed by atoms with Crippen molar-refractivity contribution in [3.63, 3.8) is 0 Å². The molecule has 0 saturated carbocycles. The van der Waals surface area contributed by atoms with E-state index in [1.807, 2.05) is 12.1 Å². The molecule has 0 fully saturated rings. The summed E-state index contributed by atoms with van der Waals surface area (Å²) in [7, 11) is 1.69. The van der Waals surface area contributed by atoms with Crippen molar-refractivity contribution in [2.24, 2.45) is 5.41 Å². The summed E-state index contributed by atoms with van der Waals surface area (Å²) in [5.74, 6) is 0. The summed E-state index contributed by atoms with van der Waals surface area (Å²) < 4.78 is 0. The fraction of sp³-hybridized carbons (Fsp3) is 0.417. The first-order valence-corrected chi connectivity index (χ1v) is 4.82. The lowest BCUT2D eigenvalue weighted by atomic mass is 9.74. The molecule has 1 aliphatic heterocycles. The highest BCUT2D eigenvalue weighted by Gasteiger charge is 2.38. The maximum atomic E-state index is 9.14. The zero-order chi connectivity index (χ0) is 12.5. The van der Waals surface area contributed by atoms with Gasteiger partial charge in [-0.2, -0.15) is 15.8 Å². The Morgan fingerprint density at radius 1 is 1.00 bits per heavy atom. The molecule has 0 spiro atoms. The Balaban J connectivity index is 3.61. The van der Waals surface area contributed by atoms with Crippen LogP contribution in [0.15, 0.2) is 22.5 Å². The standard InChI is InChI=1S/C12H12N4/c1-8-9(5-13)12(2,3)10(6-14)11(7-15)16(8)4/h1-4H3. The van der Waals surface area contributed by atoms with E-state index in [0.29, 0.717) is 16.8 Å². The van der Waals surface area contributed by atoms with Crippen LogP contribution in [0.5, 0.6) is 0 Å². The predicted octanol–water partition coefficient (Wildman–Crippen LogP) is 2.06. The summed E-state index contributed by atoms with van der Waals surface area (Å²) in [6.45, 7) is 5.36. The van der Waals surface area contributed by atoms with E-state index in [4.69, 9.17) is 15.8 Å². The van der Waals surface area contributed by atoms with Crippen LogP contribution in [0.3, 0.4) is 0 Å². The first-order chi connectivity index (χ1) is 7.41. The van der Waals surface area contributed by atoms with Gasteiger partial charge in [0.15, 0.2) is 0 Å². The molecule has 0 bridgehead atoms. The highest BCUT2D eigenvalue weighted by molar-refractivity contribution is 5.54. The van der Waals surface area contributed by atoms with Crippen LogP contribution in [-0.4, -0.2) is 11.9 Å². The molecule has 0 unspecified atom stereocenters. The van der Waals surface area contributed by atoms with Crippen molar-refractivity contribution in [2.45, 2.75) is 20.8 Å². The Morgan fingerprint density at radius 3 is 1.88 bits per heavy atom. The smallest absolute Gasteiger partial charge is 0.134 e. The molecule has 0 amide bonds. The van der Waals surface area contributed by atoms with Crippen molar-refractivity contribution in [2.75, 3.05) is 7.05 Å². The summed E-state index contributed by atoms with van der Waals surface area (Å²) in [4.78, 5) is 1.60. The first-order valence-electron chi connectivity index (χ1n) is 4.82. The zero-order valence-corrected chi connectivity index (χ0v) is 9.79. The number of allylic oxidation sites excluding steroid dienone is 4. The minimum absolute atomic E-state index is 0.323. The molecule has 1 heterocycles. The summed E-state index contributed by atoms with van der Waals surface area (Å²) in [6, 6.07) is 6.19. The topological polar surface area (TPSA) is 74.6 Å². The van der Waals surface area contributed by atoms with Gasteiger partial charge in [0, 0.05) is 18.2 Å². The van der Waals surface area contributed by atoms with Crippen LogP contribution in [0.2, 0.25) is 0 Å². The highest BCUT2D eigenvalue weighted by atomic mass is 15.1. The van der Waals surface area contributed by atoms with E-state index in [9.17, 15) is 0 Å². The van der Waals surface area contributed by atoms with Crippen molar-refractivity contribution in [1.29, 1.82) is 15.8 Å². The second kappa shape index (κ2) is 3.72. The second-order valence-corrected chi connectivity index (χ2v) is 4.20. The molecule has 4 heteroatoms. The van der Waals surface area contributed by atoms with E-state index >= 15 is 0 Å². The Kier molecular flexibility index (Phi) is 2.75. The molecule has 0 aromatic heterocycles. The van der Waals surface area contributed by atoms with Crippen molar-refractivity contribution in [3.8, 4) is 18.2 Å². The van der Waals surface area contributed by atoms with Gasteiger partial charge in [0.05, 0.1) is 23.3 Å². The lowest BCUT2D eigenvalue weighted by Crippen LogP contribution is -2.32. The molecule has 0 N–H and O–H groups in total. The quantitative estimate of drug-likeness (QED) is 0.616. The molecule has 16 heavy (non-hydrogen) atoms. The van der Waals surface area contributed by atoms with E-state index < -0.39 is 5.41 Å². The fourth-order valence-corrected chi connectivity index (χ4v) is 1.92. The summed E-state index contributed by atoms with van der Waals surface area (Å²) in [5, 5.41) is 27.3. The molecule has 4 nitrogen and oxygen atoms in total. The Labute approximate surface area is 95.3 Å². The third-order valence-electron chi connectivity index (χ3n) is 3.02. The van der Waals surface area contributed by atoms with Gasteiger partial charge in [-0.1, -0.05) is 13.8 Å². The summed E-state index contributed by atoms with van der Waals surface area (Å²) in [5.41, 5.74) is 1.24. The molecular formula is C12H12N4. The number of nitriles is 3. The molecule has 80 valence electrons. The van der Waals surface area contributed by atoms with Crippen LogP contribution in [0.1, 0.15) is 20.8 Å². The molecular weight excluding hydrogens is 200 g/mol. The highest BCUT2D eigenvalue weighted by Crippen LogP contribution is 2.42. The van der Waals surface area contributed by atoms with Crippen LogP contribution in [0, 0.1) is 39.4 Å². The molecule has 0 aromatic carbocycles. The average molecular weight is 212 g/mol. The zero-order valence-electron chi connectivity index (χ0n) is 9.79. The number of nitrogens with zero attached hydrogens (tertiary/aromatic N) is 4. The largest absolute Gasteiger partial charge is 0.338 e. The van der Waals surface area contributed by atoms with Crippen LogP contribution in [-0.2, 0) is 0 Å². The lowest BCUT2D eigenvalue weighted by Gasteiger charge is -2.35. The van der Waals surface area contributed by atoms with Gasteiger partial charge < -0.3 is 4.90 Å². The first kappa shape index (κ1) is 11.8. The van der Waals surface area contributed by atoms with Crippen LogP contribution in [0.4, 0.5) is 0 Å². The van der Waals surface area contributed by atoms with Gasteiger partial charge in [0.25, 0.3) is 0 Å². The van der Waals surface area contributed by atoms with Crippen LogP contribution >= 0.6 is 0 Å².